The minimum Gasteiger partial charge on any atom is -0.827 e. The predicted octanol–water partition coefficient (Wildman–Crippen LogP) is 2.43. The van der Waals surface area contributed by atoms with Crippen molar-refractivity contribution in [2.45, 2.75) is 52.0 Å². The molecule has 0 radical (unpaired) electrons. The average molecular weight is 531 g/mol. The molecule has 1 aromatic carbocycles. The number of hydrogen-bond acceptors (Lipinski definition) is 5. The number of hydrogen-bond donors (Lipinski definition) is 2. The van der Waals surface area contributed by atoms with Crippen LogP contribution in [0.4, 0.5) is 0 Å². The average Bonchev–Trinajstić information content (AvgIpc) is 2.70. The number of rotatable bonds is 13. The molecule has 0 aromatic heterocycles. The van der Waals surface area contributed by atoms with Crippen LogP contribution in [0.15, 0.2) is 30.3 Å². The van der Waals surface area contributed by atoms with Crippen molar-refractivity contribution >= 4 is 50.8 Å². The van der Waals surface area contributed by atoms with Crippen LogP contribution >= 0.6 is 27.9 Å². The van der Waals surface area contributed by atoms with E-state index in [-0.39, 0.29) is 54.7 Å². The smallest absolute Gasteiger partial charge is 0.224 e. The first kappa shape index (κ1) is 25.9. The maximum atomic E-state index is 13.0. The van der Waals surface area contributed by atoms with E-state index in [2.05, 4.69) is 5.32 Å². The number of Topliss-reactive ketones (excluding diaryl/α,β-unsaturated/α-hetero) is 2. The number of benzene rings is 1. The first-order valence-corrected chi connectivity index (χ1v) is 13.4. The summed E-state index contributed by atoms with van der Waals surface area (Å²) in [6.45, 7) is 3.82. The fraction of sp³-hybridized carbons (Fsp3) is 0.524. The molecule has 3 N–H and O–H groups in total. The standard InChI is InChI=1S/C21H30IN2O4P/c1-14(2)10-18(19(26)8-9-20(27)29-22)24-21(28)16(12-17(25)13-23)11-15-6-4-3-5-7-15/h3-7,14,16,18,27H,8-13,23H2,1-2H3,(H,24,28)/p-1. The predicted molar refractivity (Wildman–Crippen MR) is 124 cm³/mol. The molecule has 0 saturated carbocycles. The minimum absolute atomic E-state index is 0.0101. The second-order valence-corrected chi connectivity index (χ2v) is 9.58. The summed E-state index contributed by atoms with van der Waals surface area (Å²) in [5.74, 6) is -0.467. The lowest BCUT2D eigenvalue weighted by molar-refractivity contribution is -0.212. The minimum atomic E-state index is -0.660. The van der Waals surface area contributed by atoms with Gasteiger partial charge in [0.2, 0.25) is 5.91 Å². The third-order valence-corrected chi connectivity index (χ3v) is 6.52. The van der Waals surface area contributed by atoms with Crippen LogP contribution in [0, 0.1) is 11.8 Å². The molecule has 8 heteroatoms. The fourth-order valence-electron chi connectivity index (χ4n) is 2.99. The van der Waals surface area contributed by atoms with Gasteiger partial charge in [0.25, 0.3) is 0 Å². The highest BCUT2D eigenvalue weighted by Gasteiger charge is 2.27. The van der Waals surface area contributed by atoms with E-state index in [1.165, 1.54) is 0 Å². The van der Waals surface area contributed by atoms with Gasteiger partial charge in [0.15, 0.2) is 5.78 Å². The maximum Gasteiger partial charge on any atom is 0.224 e. The molecular formula is C21H29IN2O4P-. The SMILES string of the molecule is CC(C)CC(NC(=O)C(CC(=O)CN)Cc1ccccc1)C(=O)CCC([O-])=PI. The Labute approximate surface area is 187 Å². The largest absolute Gasteiger partial charge is 0.827 e. The quantitative estimate of drug-likeness (QED) is 0.300. The molecule has 0 fully saturated rings. The molecule has 2 atom stereocenters. The van der Waals surface area contributed by atoms with Crippen LogP contribution in [-0.2, 0) is 20.8 Å². The third-order valence-electron chi connectivity index (χ3n) is 4.49. The molecule has 160 valence electrons. The molecule has 0 aliphatic carbocycles. The third kappa shape index (κ3) is 10.4. The van der Waals surface area contributed by atoms with Gasteiger partial charge in [-0.3, -0.25) is 14.4 Å². The van der Waals surface area contributed by atoms with Gasteiger partial charge in [-0.25, -0.2) is 0 Å². The van der Waals surface area contributed by atoms with Crippen LogP contribution in [0.25, 0.3) is 0 Å². The molecule has 1 amide bonds. The normalized spacial score (nSPS) is 13.8. The molecule has 2 unspecified atom stereocenters. The van der Waals surface area contributed by atoms with Gasteiger partial charge < -0.3 is 16.2 Å². The second kappa shape index (κ2) is 14.0. The number of carbonyl (C=O) groups is 3. The van der Waals surface area contributed by atoms with Crippen molar-refractivity contribution in [2.75, 3.05) is 6.54 Å². The molecule has 0 heterocycles. The zero-order chi connectivity index (χ0) is 21.8. The zero-order valence-corrected chi connectivity index (χ0v) is 19.9. The summed E-state index contributed by atoms with van der Waals surface area (Å²) in [7, 11) is 0. The Morgan fingerprint density at radius 3 is 2.38 bits per heavy atom. The summed E-state index contributed by atoms with van der Waals surface area (Å²) in [6, 6.07) is 8.79. The van der Waals surface area contributed by atoms with Gasteiger partial charge in [-0.1, -0.05) is 44.2 Å². The highest BCUT2D eigenvalue weighted by atomic mass is 127. The van der Waals surface area contributed by atoms with Crippen molar-refractivity contribution in [1.29, 1.82) is 0 Å². The van der Waals surface area contributed by atoms with E-state index in [9.17, 15) is 19.5 Å². The zero-order valence-electron chi connectivity index (χ0n) is 16.9. The number of carbonyl (C=O) groups excluding carboxylic acids is 3. The van der Waals surface area contributed by atoms with Crippen molar-refractivity contribution in [2.24, 2.45) is 17.6 Å². The summed E-state index contributed by atoms with van der Waals surface area (Å²) < 4.78 is 0. The van der Waals surface area contributed by atoms with Gasteiger partial charge in [0.05, 0.1) is 12.6 Å². The summed E-state index contributed by atoms with van der Waals surface area (Å²) in [6.07, 6.45) is 1.20. The molecule has 1 aromatic rings. The number of ketones is 2. The van der Waals surface area contributed by atoms with Crippen LogP contribution in [0.3, 0.4) is 0 Å². The Balaban J connectivity index is 2.91. The topological polar surface area (TPSA) is 112 Å². The Bertz CT molecular complexity index is 710. The molecule has 0 bridgehead atoms. The lowest BCUT2D eigenvalue weighted by Gasteiger charge is -2.24. The lowest BCUT2D eigenvalue weighted by atomic mass is 9.91. The van der Waals surface area contributed by atoms with Gasteiger partial charge in [-0.2, -0.15) is 0 Å². The van der Waals surface area contributed by atoms with Crippen molar-refractivity contribution in [3.63, 3.8) is 0 Å². The summed E-state index contributed by atoms with van der Waals surface area (Å²) in [5, 5.41) is 14.4. The van der Waals surface area contributed by atoms with Crippen molar-refractivity contribution < 1.29 is 19.5 Å². The Kier molecular flexibility index (Phi) is 12.5. The molecule has 0 aliphatic rings. The Hall–Kier alpha value is -1.15. The first-order chi connectivity index (χ1) is 13.8. The van der Waals surface area contributed by atoms with E-state index in [0.29, 0.717) is 18.7 Å². The van der Waals surface area contributed by atoms with Crippen molar-refractivity contribution in [3.8, 4) is 0 Å². The van der Waals surface area contributed by atoms with Crippen molar-refractivity contribution in [1.82, 2.24) is 5.32 Å². The summed E-state index contributed by atoms with van der Waals surface area (Å²) in [5.41, 5.74) is 6.37. The van der Waals surface area contributed by atoms with E-state index in [0.717, 1.165) is 5.56 Å². The van der Waals surface area contributed by atoms with Gasteiger partial charge in [0, 0.05) is 18.8 Å². The van der Waals surface area contributed by atoms with Crippen LogP contribution in [-0.4, -0.2) is 35.5 Å². The molecule has 6 nitrogen and oxygen atoms in total. The lowest BCUT2D eigenvalue weighted by Crippen LogP contribution is -2.45. The van der Waals surface area contributed by atoms with E-state index < -0.39 is 12.0 Å². The van der Waals surface area contributed by atoms with E-state index in [1.807, 2.05) is 66.2 Å². The van der Waals surface area contributed by atoms with E-state index >= 15 is 0 Å². The maximum absolute atomic E-state index is 13.0. The fourth-order valence-corrected chi connectivity index (χ4v) is 3.91. The Morgan fingerprint density at radius 2 is 1.83 bits per heavy atom. The molecule has 0 saturated heterocycles. The number of nitrogens with two attached hydrogens (primary N) is 1. The monoisotopic (exact) mass is 531 g/mol. The number of halogens is 1. The van der Waals surface area contributed by atoms with Crippen LogP contribution in [0.1, 0.15) is 45.1 Å². The molecule has 0 aliphatic heterocycles. The van der Waals surface area contributed by atoms with Gasteiger partial charge in [-0.05, 0) is 58.6 Å². The van der Waals surface area contributed by atoms with Crippen LogP contribution in [0.5, 0.6) is 0 Å². The highest BCUT2D eigenvalue weighted by Crippen LogP contribution is 2.17. The second-order valence-electron chi connectivity index (χ2n) is 7.47. The number of nitrogens with one attached hydrogen (secondary N) is 1. The molecule has 1 rings (SSSR count). The molecule has 0 spiro atoms. The van der Waals surface area contributed by atoms with Crippen LogP contribution < -0.4 is 16.2 Å². The molecular weight excluding hydrogens is 502 g/mol. The van der Waals surface area contributed by atoms with Gasteiger partial charge >= 0.3 is 0 Å². The summed E-state index contributed by atoms with van der Waals surface area (Å²) in [4.78, 5) is 37.5. The van der Waals surface area contributed by atoms with Gasteiger partial charge in [-0.15, -0.1) is 5.48 Å². The molecule has 29 heavy (non-hydrogen) atoms. The first-order valence-electron chi connectivity index (χ1n) is 9.70. The van der Waals surface area contributed by atoms with E-state index in [1.54, 1.807) is 0 Å². The van der Waals surface area contributed by atoms with Crippen LogP contribution in [0.2, 0.25) is 0 Å². The summed E-state index contributed by atoms with van der Waals surface area (Å²) >= 11 is 1.95. The highest BCUT2D eigenvalue weighted by molar-refractivity contribution is 14.2. The van der Waals surface area contributed by atoms with E-state index in [4.69, 9.17) is 5.73 Å². The Morgan fingerprint density at radius 1 is 1.17 bits per heavy atom. The number of amides is 1. The van der Waals surface area contributed by atoms with Gasteiger partial charge in [0.1, 0.15) is 5.78 Å². The van der Waals surface area contributed by atoms with Crippen molar-refractivity contribution in [3.05, 3.63) is 35.9 Å².